The molecule has 1 aliphatic heterocycles. The van der Waals surface area contributed by atoms with E-state index in [2.05, 4.69) is 120 Å². The molecule has 2 heterocycles. The van der Waals surface area contributed by atoms with Gasteiger partial charge in [0.1, 0.15) is 7.05 Å². The Hall–Kier alpha value is -3.88. The minimum atomic E-state index is 0.886. The van der Waals surface area contributed by atoms with Crippen molar-refractivity contribution in [2.75, 3.05) is 7.05 Å². The molecule has 0 bridgehead atoms. The zero-order valence-electron chi connectivity index (χ0n) is 20.4. The molecule has 0 atom stereocenters. The molecule has 0 unspecified atom stereocenters. The van der Waals surface area contributed by atoms with Gasteiger partial charge < -0.3 is 4.57 Å². The first-order valence-electron chi connectivity index (χ1n) is 12.5. The van der Waals surface area contributed by atoms with E-state index in [4.69, 9.17) is 11.6 Å². The van der Waals surface area contributed by atoms with Gasteiger partial charge in [0.2, 0.25) is 11.4 Å². The molecule has 0 amide bonds. The average Bonchev–Trinajstić information content (AvgIpc) is 3.49. The topological polar surface area (TPSA) is 7.94 Å². The standard InChI is InChI=1S/C33H26ClN2/c1-35-27(25-11-3-7-21-9-5-13-29(35)31(21)25)19-17-23-15-16-24(33(23)34)18-20-28-26-12-4-8-22-10-6-14-30(32(22)26)36(28)2/h3-14,17-20H,15-16H2,1-2H3/q+1. The quantitative estimate of drug-likeness (QED) is 0.233. The van der Waals surface area contributed by atoms with Crippen molar-refractivity contribution in [2.24, 2.45) is 7.05 Å². The van der Waals surface area contributed by atoms with Crippen LogP contribution >= 0.6 is 11.6 Å². The second kappa shape index (κ2) is 8.08. The van der Waals surface area contributed by atoms with E-state index in [0.717, 1.165) is 17.9 Å². The highest BCUT2D eigenvalue weighted by molar-refractivity contribution is 6.33. The Bertz CT molecular complexity index is 1900. The van der Waals surface area contributed by atoms with Crippen molar-refractivity contribution in [2.45, 2.75) is 12.8 Å². The van der Waals surface area contributed by atoms with Crippen molar-refractivity contribution in [1.29, 1.82) is 0 Å². The highest BCUT2D eigenvalue weighted by Gasteiger charge is 2.27. The van der Waals surface area contributed by atoms with E-state index in [-0.39, 0.29) is 0 Å². The third-order valence-corrected chi connectivity index (χ3v) is 8.36. The molecule has 3 heteroatoms. The van der Waals surface area contributed by atoms with E-state index in [1.54, 1.807) is 0 Å². The van der Waals surface area contributed by atoms with Crippen LogP contribution in [0.3, 0.4) is 0 Å². The Morgan fingerprint density at radius 2 is 1.53 bits per heavy atom. The zero-order chi connectivity index (χ0) is 24.4. The van der Waals surface area contributed by atoms with Crippen molar-refractivity contribution >= 4 is 61.5 Å². The number of nitrogens with zero attached hydrogens (tertiary/aromatic N) is 2. The van der Waals surface area contributed by atoms with Crippen LogP contribution in [0.2, 0.25) is 0 Å². The van der Waals surface area contributed by atoms with Gasteiger partial charge in [0.25, 0.3) is 0 Å². The molecule has 174 valence electrons. The maximum Gasteiger partial charge on any atom is 0.214 e. The lowest BCUT2D eigenvalue weighted by Crippen LogP contribution is -2.11. The van der Waals surface area contributed by atoms with E-state index in [9.17, 15) is 0 Å². The predicted octanol–water partition coefficient (Wildman–Crippen LogP) is 7.53. The summed E-state index contributed by atoms with van der Waals surface area (Å²) in [5.74, 6) is 0. The summed E-state index contributed by atoms with van der Waals surface area (Å²) in [7, 11) is 4.29. The number of halogens is 1. The number of hydrogen-bond donors (Lipinski definition) is 0. The molecule has 4 aromatic carbocycles. The van der Waals surface area contributed by atoms with Crippen LogP contribution in [-0.4, -0.2) is 21.9 Å². The Morgan fingerprint density at radius 3 is 2.36 bits per heavy atom. The first kappa shape index (κ1) is 21.4. The number of allylic oxidation sites excluding steroid dienone is 6. The van der Waals surface area contributed by atoms with Crippen LogP contribution in [0.25, 0.3) is 38.5 Å². The average molecular weight is 486 g/mol. The van der Waals surface area contributed by atoms with Gasteiger partial charge in [-0.3, -0.25) is 0 Å². The van der Waals surface area contributed by atoms with Crippen LogP contribution in [0.1, 0.15) is 18.4 Å². The summed E-state index contributed by atoms with van der Waals surface area (Å²) in [6.45, 7) is 0. The SMILES string of the molecule is Cn1/c(=C/C=C2\CCC(/C=C/C3=[N+](C)c4cccc5cccc3c45)=C2Cl)c2cccc3cccc1c32. The Labute approximate surface area is 215 Å². The Kier molecular flexibility index (Phi) is 4.80. The summed E-state index contributed by atoms with van der Waals surface area (Å²) < 4.78 is 4.57. The summed E-state index contributed by atoms with van der Waals surface area (Å²) in [4.78, 5) is 0. The lowest BCUT2D eigenvalue weighted by atomic mass is 10.0. The molecule has 1 aliphatic carbocycles. The lowest BCUT2D eigenvalue weighted by molar-refractivity contribution is -0.399. The first-order valence-corrected chi connectivity index (χ1v) is 12.9. The van der Waals surface area contributed by atoms with Gasteiger partial charge in [-0.25, -0.2) is 0 Å². The van der Waals surface area contributed by atoms with Crippen molar-refractivity contribution in [3.8, 4) is 0 Å². The predicted molar refractivity (Wildman–Crippen MR) is 153 cm³/mol. The number of aryl methyl sites for hydroxylation is 1. The van der Waals surface area contributed by atoms with Crippen LogP contribution in [0.5, 0.6) is 0 Å². The normalized spacial score (nSPS) is 17.5. The van der Waals surface area contributed by atoms with Crippen LogP contribution in [0.4, 0.5) is 5.69 Å². The number of hydrogen-bond acceptors (Lipinski definition) is 0. The summed E-state index contributed by atoms with van der Waals surface area (Å²) in [5.41, 5.74) is 7.44. The molecule has 36 heavy (non-hydrogen) atoms. The molecule has 0 saturated carbocycles. The minimum Gasteiger partial charge on any atom is -0.344 e. The smallest absolute Gasteiger partial charge is 0.214 e. The number of rotatable bonds is 3. The minimum absolute atomic E-state index is 0.886. The monoisotopic (exact) mass is 485 g/mol. The van der Waals surface area contributed by atoms with E-state index in [0.29, 0.717) is 0 Å². The maximum absolute atomic E-state index is 6.92. The van der Waals surface area contributed by atoms with Crippen LogP contribution < -0.4 is 5.35 Å². The molecule has 1 aromatic heterocycles. The van der Waals surface area contributed by atoms with Gasteiger partial charge in [-0.15, -0.1) is 0 Å². The third-order valence-electron chi connectivity index (χ3n) is 7.88. The molecule has 0 radical (unpaired) electrons. The van der Waals surface area contributed by atoms with Gasteiger partial charge in [-0.1, -0.05) is 78.4 Å². The first-order chi connectivity index (χ1) is 17.6. The highest BCUT2D eigenvalue weighted by atomic mass is 35.5. The van der Waals surface area contributed by atoms with Crippen LogP contribution in [-0.2, 0) is 7.05 Å². The van der Waals surface area contributed by atoms with E-state index in [1.165, 1.54) is 65.9 Å². The van der Waals surface area contributed by atoms with Gasteiger partial charge in [-0.05, 0) is 53.0 Å². The fourth-order valence-electron chi connectivity index (χ4n) is 6.02. The molecular weight excluding hydrogens is 460 g/mol. The van der Waals surface area contributed by atoms with E-state index >= 15 is 0 Å². The molecule has 7 rings (SSSR count). The largest absolute Gasteiger partial charge is 0.344 e. The number of aromatic nitrogens is 1. The Morgan fingerprint density at radius 1 is 0.806 bits per heavy atom. The van der Waals surface area contributed by atoms with Crippen molar-refractivity contribution in [1.82, 2.24) is 4.57 Å². The van der Waals surface area contributed by atoms with Crippen LogP contribution in [0.15, 0.2) is 107 Å². The lowest BCUT2D eigenvalue weighted by Gasteiger charge is -1.98. The fourth-order valence-corrected chi connectivity index (χ4v) is 6.33. The second-order valence-corrected chi connectivity index (χ2v) is 10.2. The Balaban J connectivity index is 1.26. The summed E-state index contributed by atoms with van der Waals surface area (Å²) >= 11 is 6.92. The van der Waals surface area contributed by atoms with Crippen molar-refractivity contribution < 1.29 is 4.58 Å². The summed E-state index contributed by atoms with van der Waals surface area (Å²) in [6.07, 6.45) is 10.8. The molecule has 0 N–H and O–H groups in total. The van der Waals surface area contributed by atoms with Gasteiger partial charge >= 0.3 is 0 Å². The highest BCUT2D eigenvalue weighted by Crippen LogP contribution is 2.37. The molecule has 2 nitrogen and oxygen atoms in total. The zero-order valence-corrected chi connectivity index (χ0v) is 21.2. The number of benzene rings is 4. The molecule has 0 fully saturated rings. The van der Waals surface area contributed by atoms with Crippen molar-refractivity contribution in [3.63, 3.8) is 0 Å². The third kappa shape index (κ3) is 3.08. The van der Waals surface area contributed by atoms with Gasteiger partial charge in [-0.2, -0.15) is 4.58 Å². The van der Waals surface area contributed by atoms with E-state index < -0.39 is 0 Å². The molecule has 2 aliphatic rings. The maximum atomic E-state index is 6.92. The summed E-state index contributed by atoms with van der Waals surface area (Å²) in [5, 5.41) is 8.62. The van der Waals surface area contributed by atoms with Gasteiger partial charge in [0.15, 0.2) is 0 Å². The second-order valence-electron chi connectivity index (χ2n) is 9.78. The summed E-state index contributed by atoms with van der Waals surface area (Å²) in [6, 6.07) is 26.1. The molecule has 5 aromatic rings. The van der Waals surface area contributed by atoms with Crippen LogP contribution in [0, 0.1) is 0 Å². The molecule has 0 saturated heterocycles. The fraction of sp³-hybridized carbons (Fsp3) is 0.121. The van der Waals surface area contributed by atoms with E-state index in [1.807, 2.05) is 0 Å². The van der Waals surface area contributed by atoms with Gasteiger partial charge in [0.05, 0.1) is 10.9 Å². The van der Waals surface area contributed by atoms with Crippen molar-refractivity contribution in [3.05, 3.63) is 118 Å². The molecule has 0 spiro atoms. The van der Waals surface area contributed by atoms with Gasteiger partial charge in [0, 0.05) is 45.9 Å². The molecular formula is C33H26ClN2+.